The van der Waals surface area contributed by atoms with Crippen LogP contribution in [0, 0.1) is 12.3 Å². The van der Waals surface area contributed by atoms with E-state index in [2.05, 4.69) is 28.5 Å². The Morgan fingerprint density at radius 1 is 1.35 bits per heavy atom. The number of carbonyl (C=O) groups is 1. The number of aryl methyl sites for hydroxylation is 2. The zero-order valence-corrected chi connectivity index (χ0v) is 12.5. The molecule has 3 rings (SSSR count). The number of Topliss-reactive ketones (excluding diaryl/α,β-unsaturated/α-hetero) is 1. The molecule has 0 unspecified atom stereocenters. The summed E-state index contributed by atoms with van der Waals surface area (Å²) in [5.41, 5.74) is 3.16. The van der Waals surface area contributed by atoms with E-state index in [-0.39, 0.29) is 11.2 Å². The van der Waals surface area contributed by atoms with Crippen molar-refractivity contribution in [3.8, 4) is 0 Å². The molecular formula is C15H20N4O. The van der Waals surface area contributed by atoms with Crippen LogP contribution in [0.15, 0.2) is 12.4 Å². The fourth-order valence-corrected chi connectivity index (χ4v) is 3.02. The van der Waals surface area contributed by atoms with Gasteiger partial charge in [0.05, 0.1) is 6.54 Å². The van der Waals surface area contributed by atoms with Gasteiger partial charge in [0.15, 0.2) is 11.6 Å². The van der Waals surface area contributed by atoms with Crippen molar-refractivity contribution in [2.45, 2.75) is 40.2 Å². The topological polar surface area (TPSA) is 52.7 Å². The lowest BCUT2D eigenvalue weighted by molar-refractivity contribution is 0.0910. The summed E-state index contributed by atoms with van der Waals surface area (Å²) < 4.78 is 3.89. The van der Waals surface area contributed by atoms with Crippen molar-refractivity contribution in [2.75, 3.05) is 0 Å². The molecule has 0 amide bonds. The predicted molar refractivity (Wildman–Crippen MR) is 75.7 cm³/mol. The van der Waals surface area contributed by atoms with Crippen LogP contribution >= 0.6 is 0 Å². The molecule has 0 N–H and O–H groups in total. The normalized spacial score (nSPS) is 17.3. The van der Waals surface area contributed by atoms with Crippen LogP contribution in [0.3, 0.4) is 0 Å². The molecule has 20 heavy (non-hydrogen) atoms. The Morgan fingerprint density at radius 2 is 2.10 bits per heavy atom. The average molecular weight is 272 g/mol. The van der Waals surface area contributed by atoms with Crippen molar-refractivity contribution < 1.29 is 4.79 Å². The molecule has 106 valence electrons. The van der Waals surface area contributed by atoms with Crippen LogP contribution in [-0.2, 0) is 20.0 Å². The highest BCUT2D eigenvalue weighted by Crippen LogP contribution is 2.36. The summed E-state index contributed by atoms with van der Waals surface area (Å²) in [6.45, 7) is 6.98. The third kappa shape index (κ3) is 2.17. The van der Waals surface area contributed by atoms with Gasteiger partial charge in [-0.1, -0.05) is 13.8 Å². The van der Waals surface area contributed by atoms with Crippen molar-refractivity contribution in [1.29, 1.82) is 0 Å². The number of fused-ring (bicyclic) bond motifs is 1. The first kappa shape index (κ1) is 13.1. The van der Waals surface area contributed by atoms with Gasteiger partial charge in [-0.2, -0.15) is 5.10 Å². The number of hydrogen-bond donors (Lipinski definition) is 0. The third-order valence-corrected chi connectivity index (χ3v) is 3.95. The summed E-state index contributed by atoms with van der Waals surface area (Å²) in [4.78, 5) is 16.6. The van der Waals surface area contributed by atoms with Crippen LogP contribution in [0.4, 0.5) is 0 Å². The number of ketones is 1. The van der Waals surface area contributed by atoms with Crippen LogP contribution < -0.4 is 0 Å². The smallest absolute Gasteiger partial charge is 0.170 e. The molecule has 1 aliphatic rings. The first-order valence-corrected chi connectivity index (χ1v) is 6.92. The number of nitrogens with zero attached hydrogens (tertiary/aromatic N) is 4. The van der Waals surface area contributed by atoms with Gasteiger partial charge in [0.2, 0.25) is 0 Å². The van der Waals surface area contributed by atoms with Gasteiger partial charge >= 0.3 is 0 Å². The van der Waals surface area contributed by atoms with Crippen molar-refractivity contribution in [2.24, 2.45) is 12.5 Å². The Bertz CT molecular complexity index is 678. The van der Waals surface area contributed by atoms with Gasteiger partial charge in [0, 0.05) is 30.4 Å². The quantitative estimate of drug-likeness (QED) is 0.841. The van der Waals surface area contributed by atoms with Gasteiger partial charge in [-0.15, -0.1) is 0 Å². The monoisotopic (exact) mass is 272 g/mol. The summed E-state index contributed by atoms with van der Waals surface area (Å²) in [5.74, 6) is 1.04. The minimum atomic E-state index is 0.0319. The van der Waals surface area contributed by atoms with Crippen LogP contribution in [0.25, 0.3) is 0 Å². The van der Waals surface area contributed by atoms with E-state index in [0.29, 0.717) is 13.0 Å². The van der Waals surface area contributed by atoms with Gasteiger partial charge in [0.25, 0.3) is 0 Å². The molecule has 0 bridgehead atoms. The Labute approximate surface area is 118 Å². The zero-order chi connectivity index (χ0) is 14.5. The maximum Gasteiger partial charge on any atom is 0.170 e. The minimum absolute atomic E-state index is 0.0319. The number of carbonyl (C=O) groups excluding carboxylic acids is 1. The molecule has 0 fully saturated rings. The Morgan fingerprint density at radius 3 is 2.75 bits per heavy atom. The summed E-state index contributed by atoms with van der Waals surface area (Å²) in [6.07, 6.45) is 3.26. The van der Waals surface area contributed by atoms with E-state index in [0.717, 1.165) is 29.2 Å². The van der Waals surface area contributed by atoms with E-state index in [9.17, 15) is 4.79 Å². The fourth-order valence-electron chi connectivity index (χ4n) is 3.02. The highest BCUT2D eigenvalue weighted by molar-refractivity contribution is 5.99. The van der Waals surface area contributed by atoms with Crippen LogP contribution in [0.5, 0.6) is 0 Å². The maximum absolute atomic E-state index is 12.3. The Kier molecular flexibility index (Phi) is 2.81. The number of hydrogen-bond acceptors (Lipinski definition) is 3. The third-order valence-electron chi connectivity index (χ3n) is 3.95. The van der Waals surface area contributed by atoms with Gasteiger partial charge in [-0.3, -0.25) is 9.48 Å². The average Bonchev–Trinajstić information content (AvgIpc) is 2.86. The summed E-state index contributed by atoms with van der Waals surface area (Å²) >= 11 is 0. The largest absolute Gasteiger partial charge is 0.340 e. The SMILES string of the molecule is Cc1cc2c(n1Cc1ncn(C)n1)CC(C)(C)CC2=O. The molecule has 5 nitrogen and oxygen atoms in total. The molecule has 5 heteroatoms. The molecule has 0 aliphatic heterocycles. The lowest BCUT2D eigenvalue weighted by atomic mass is 9.76. The highest BCUT2D eigenvalue weighted by atomic mass is 16.1. The van der Waals surface area contributed by atoms with Crippen molar-refractivity contribution in [3.05, 3.63) is 35.2 Å². The molecule has 0 saturated carbocycles. The van der Waals surface area contributed by atoms with E-state index >= 15 is 0 Å². The highest BCUT2D eigenvalue weighted by Gasteiger charge is 2.33. The molecule has 2 aromatic rings. The lowest BCUT2D eigenvalue weighted by Gasteiger charge is -2.29. The summed E-state index contributed by atoms with van der Waals surface area (Å²) in [6, 6.07) is 2.01. The van der Waals surface area contributed by atoms with E-state index in [1.807, 2.05) is 20.0 Å². The molecule has 2 aromatic heterocycles. The van der Waals surface area contributed by atoms with E-state index in [1.165, 1.54) is 0 Å². The molecule has 0 saturated heterocycles. The van der Waals surface area contributed by atoms with Gasteiger partial charge < -0.3 is 4.57 Å². The van der Waals surface area contributed by atoms with Crippen LogP contribution in [0.2, 0.25) is 0 Å². The first-order valence-electron chi connectivity index (χ1n) is 6.92. The molecule has 0 atom stereocenters. The van der Waals surface area contributed by atoms with Gasteiger partial charge in [0.1, 0.15) is 6.33 Å². The molecule has 2 heterocycles. The maximum atomic E-state index is 12.3. The fraction of sp³-hybridized carbons (Fsp3) is 0.533. The molecular weight excluding hydrogens is 252 g/mol. The first-order chi connectivity index (χ1) is 9.35. The van der Waals surface area contributed by atoms with Crippen LogP contribution in [0.1, 0.15) is 47.8 Å². The molecule has 1 aliphatic carbocycles. The standard InChI is InChI=1S/C15H20N4O/c1-10-5-11-12(6-15(2,3)7-13(11)20)19(10)8-14-16-9-18(4)17-14/h5,9H,6-8H2,1-4H3. The van der Waals surface area contributed by atoms with Crippen molar-refractivity contribution in [3.63, 3.8) is 0 Å². The lowest BCUT2D eigenvalue weighted by Crippen LogP contribution is -2.28. The van der Waals surface area contributed by atoms with E-state index in [4.69, 9.17) is 0 Å². The van der Waals surface area contributed by atoms with E-state index in [1.54, 1.807) is 11.0 Å². The van der Waals surface area contributed by atoms with Crippen LogP contribution in [-0.4, -0.2) is 25.1 Å². The second-order valence-corrected chi connectivity index (χ2v) is 6.51. The number of aromatic nitrogens is 4. The molecule has 0 aromatic carbocycles. The van der Waals surface area contributed by atoms with Crippen molar-refractivity contribution in [1.82, 2.24) is 19.3 Å². The second-order valence-electron chi connectivity index (χ2n) is 6.51. The summed E-state index contributed by atoms with van der Waals surface area (Å²) in [7, 11) is 1.86. The van der Waals surface area contributed by atoms with E-state index < -0.39 is 0 Å². The summed E-state index contributed by atoms with van der Waals surface area (Å²) in [5, 5.41) is 4.33. The molecule has 0 radical (unpaired) electrons. The second kappa shape index (κ2) is 4.30. The predicted octanol–water partition coefficient (Wildman–Crippen LogP) is 2.13. The van der Waals surface area contributed by atoms with Gasteiger partial charge in [-0.05, 0) is 24.8 Å². The minimum Gasteiger partial charge on any atom is -0.340 e. The Balaban J connectivity index is 2.02. The number of rotatable bonds is 2. The zero-order valence-electron chi connectivity index (χ0n) is 12.5. The molecule has 0 spiro atoms. The Hall–Kier alpha value is -1.91. The van der Waals surface area contributed by atoms with Crippen molar-refractivity contribution >= 4 is 5.78 Å². The van der Waals surface area contributed by atoms with Gasteiger partial charge in [-0.25, -0.2) is 4.98 Å².